The van der Waals surface area contributed by atoms with E-state index < -0.39 is 6.10 Å². The Kier molecular flexibility index (Phi) is 3.68. The van der Waals surface area contributed by atoms with Crippen molar-refractivity contribution in [2.24, 2.45) is 5.73 Å². The topological polar surface area (TPSA) is 90.3 Å². The van der Waals surface area contributed by atoms with E-state index in [4.69, 9.17) is 11.1 Å². The van der Waals surface area contributed by atoms with Crippen LogP contribution in [0.4, 0.5) is 0 Å². The van der Waals surface area contributed by atoms with E-state index in [2.05, 4.69) is 0 Å². The smallest absolute Gasteiger partial charge is 0.115 e. The van der Waals surface area contributed by atoms with Gasteiger partial charge in [0.1, 0.15) is 5.75 Å². The first kappa shape index (κ1) is 11.5. The van der Waals surface area contributed by atoms with Gasteiger partial charge in [-0.25, -0.2) is 0 Å². The number of aromatic hydroxyl groups is 1. The Morgan fingerprint density at radius 2 is 2.20 bits per heavy atom. The van der Waals surface area contributed by atoms with Gasteiger partial charge in [0.05, 0.1) is 11.9 Å². The number of rotatable bonds is 4. The fraction of sp³-hybridized carbons (Fsp3) is 0.364. The molecule has 0 fully saturated rings. The molecule has 4 nitrogen and oxygen atoms in total. The molecule has 1 aromatic rings. The van der Waals surface area contributed by atoms with Crippen molar-refractivity contribution in [3.63, 3.8) is 0 Å². The summed E-state index contributed by atoms with van der Waals surface area (Å²) in [5, 5.41) is 26.2. The van der Waals surface area contributed by atoms with E-state index in [1.165, 1.54) is 0 Å². The SMILES string of the molecule is Cc1ccc(O)cc1[C@@H](O)CCC(=N)N. The van der Waals surface area contributed by atoms with Gasteiger partial charge in [-0.2, -0.15) is 0 Å². The van der Waals surface area contributed by atoms with Gasteiger partial charge in [-0.15, -0.1) is 0 Å². The summed E-state index contributed by atoms with van der Waals surface area (Å²) in [5.41, 5.74) is 6.82. The third-order valence-corrected chi connectivity index (χ3v) is 2.31. The van der Waals surface area contributed by atoms with Crippen molar-refractivity contribution in [3.05, 3.63) is 29.3 Å². The van der Waals surface area contributed by atoms with E-state index in [0.717, 1.165) is 5.56 Å². The molecule has 0 saturated carbocycles. The molecular weight excluding hydrogens is 192 g/mol. The molecule has 82 valence electrons. The fourth-order valence-corrected chi connectivity index (χ4v) is 1.43. The average molecular weight is 208 g/mol. The second-order valence-corrected chi connectivity index (χ2v) is 3.62. The second-order valence-electron chi connectivity index (χ2n) is 3.62. The van der Waals surface area contributed by atoms with Crippen LogP contribution < -0.4 is 5.73 Å². The third kappa shape index (κ3) is 3.25. The highest BCUT2D eigenvalue weighted by Gasteiger charge is 2.11. The van der Waals surface area contributed by atoms with Gasteiger partial charge in [0.2, 0.25) is 0 Å². The molecule has 4 heteroatoms. The van der Waals surface area contributed by atoms with Crippen LogP contribution in [0.3, 0.4) is 0 Å². The van der Waals surface area contributed by atoms with E-state index >= 15 is 0 Å². The van der Waals surface area contributed by atoms with Gasteiger partial charge in [-0.05, 0) is 36.6 Å². The van der Waals surface area contributed by atoms with Gasteiger partial charge >= 0.3 is 0 Å². The first-order chi connectivity index (χ1) is 7.00. The molecule has 0 spiro atoms. The molecule has 0 amide bonds. The van der Waals surface area contributed by atoms with Crippen molar-refractivity contribution in [1.29, 1.82) is 5.41 Å². The van der Waals surface area contributed by atoms with Crippen LogP contribution in [0.15, 0.2) is 18.2 Å². The summed E-state index contributed by atoms with van der Waals surface area (Å²) in [6.45, 7) is 1.87. The second kappa shape index (κ2) is 4.79. The number of nitrogens with two attached hydrogens (primary N) is 1. The van der Waals surface area contributed by atoms with Crippen molar-refractivity contribution in [2.45, 2.75) is 25.9 Å². The molecule has 0 radical (unpaired) electrons. The van der Waals surface area contributed by atoms with Gasteiger partial charge in [0, 0.05) is 6.42 Å². The van der Waals surface area contributed by atoms with Crippen molar-refractivity contribution < 1.29 is 10.2 Å². The van der Waals surface area contributed by atoms with Crippen molar-refractivity contribution in [1.82, 2.24) is 0 Å². The van der Waals surface area contributed by atoms with Gasteiger partial charge in [0.15, 0.2) is 0 Å². The Morgan fingerprint density at radius 1 is 1.53 bits per heavy atom. The first-order valence-electron chi connectivity index (χ1n) is 4.81. The Hall–Kier alpha value is -1.55. The van der Waals surface area contributed by atoms with Crippen molar-refractivity contribution in [3.8, 4) is 5.75 Å². The zero-order chi connectivity index (χ0) is 11.4. The predicted molar refractivity (Wildman–Crippen MR) is 59.0 cm³/mol. The molecule has 0 aliphatic rings. The zero-order valence-electron chi connectivity index (χ0n) is 8.70. The molecule has 1 aromatic carbocycles. The molecule has 15 heavy (non-hydrogen) atoms. The van der Waals surface area contributed by atoms with Crippen LogP contribution in [0.2, 0.25) is 0 Å². The maximum absolute atomic E-state index is 9.81. The summed E-state index contributed by atoms with van der Waals surface area (Å²) in [7, 11) is 0. The van der Waals surface area contributed by atoms with Crippen molar-refractivity contribution >= 4 is 5.84 Å². The lowest BCUT2D eigenvalue weighted by Crippen LogP contribution is -2.11. The molecule has 0 bridgehead atoms. The van der Waals surface area contributed by atoms with E-state index in [-0.39, 0.29) is 11.6 Å². The normalized spacial score (nSPS) is 12.4. The molecule has 0 saturated heterocycles. The minimum absolute atomic E-state index is 0.0619. The number of aliphatic hydroxyl groups is 1. The van der Waals surface area contributed by atoms with Crippen LogP contribution in [-0.2, 0) is 0 Å². The Balaban J connectivity index is 2.76. The molecule has 0 aliphatic carbocycles. The number of hydrogen-bond acceptors (Lipinski definition) is 3. The van der Waals surface area contributed by atoms with E-state index in [1.807, 2.05) is 6.92 Å². The lowest BCUT2D eigenvalue weighted by atomic mass is 9.99. The molecular formula is C11H16N2O2. The Labute approximate surface area is 88.9 Å². The van der Waals surface area contributed by atoms with Crippen LogP contribution in [0.5, 0.6) is 5.75 Å². The predicted octanol–water partition coefficient (Wildman–Crippen LogP) is 1.45. The first-order valence-corrected chi connectivity index (χ1v) is 4.81. The molecule has 0 unspecified atom stereocenters. The number of phenols is 1. The minimum Gasteiger partial charge on any atom is -0.508 e. The monoisotopic (exact) mass is 208 g/mol. The lowest BCUT2D eigenvalue weighted by molar-refractivity contribution is 0.169. The van der Waals surface area contributed by atoms with Gasteiger partial charge in [-0.1, -0.05) is 6.07 Å². The fourth-order valence-electron chi connectivity index (χ4n) is 1.43. The summed E-state index contributed by atoms with van der Waals surface area (Å²) >= 11 is 0. The highest BCUT2D eigenvalue weighted by atomic mass is 16.3. The van der Waals surface area contributed by atoms with E-state index in [0.29, 0.717) is 18.4 Å². The summed E-state index contributed by atoms with van der Waals surface area (Å²) in [5.74, 6) is 0.198. The summed E-state index contributed by atoms with van der Waals surface area (Å²) in [6.07, 6.45) is 0.0802. The Bertz CT molecular complexity index is 364. The number of aryl methyl sites for hydroxylation is 1. The highest BCUT2D eigenvalue weighted by molar-refractivity contribution is 5.76. The molecule has 0 aromatic heterocycles. The number of aliphatic hydroxyl groups excluding tert-OH is 1. The highest BCUT2D eigenvalue weighted by Crippen LogP contribution is 2.25. The zero-order valence-corrected chi connectivity index (χ0v) is 8.70. The largest absolute Gasteiger partial charge is 0.508 e. The molecule has 5 N–H and O–H groups in total. The minimum atomic E-state index is -0.680. The van der Waals surface area contributed by atoms with E-state index in [9.17, 15) is 10.2 Å². The van der Waals surface area contributed by atoms with Crippen LogP contribution in [0, 0.1) is 12.3 Å². The molecule has 1 atom stereocenters. The average Bonchev–Trinajstić information content (AvgIpc) is 2.18. The van der Waals surface area contributed by atoms with Gasteiger partial charge in [0.25, 0.3) is 0 Å². The number of nitrogens with one attached hydrogen (secondary N) is 1. The van der Waals surface area contributed by atoms with Crippen LogP contribution in [0.1, 0.15) is 30.1 Å². The number of benzene rings is 1. The number of hydrogen-bond donors (Lipinski definition) is 4. The summed E-state index contributed by atoms with van der Waals surface area (Å²) < 4.78 is 0. The summed E-state index contributed by atoms with van der Waals surface area (Å²) in [4.78, 5) is 0. The van der Waals surface area contributed by atoms with Crippen LogP contribution in [-0.4, -0.2) is 16.0 Å². The molecule has 0 heterocycles. The summed E-state index contributed by atoms with van der Waals surface area (Å²) in [6, 6.07) is 4.87. The number of amidine groups is 1. The third-order valence-electron chi connectivity index (χ3n) is 2.31. The standard InChI is InChI=1S/C11H16N2O2/c1-7-2-3-8(14)6-9(7)10(15)4-5-11(12)13/h2-3,6,10,14-15H,4-5H2,1H3,(H3,12,13)/t10-/m0/s1. The maximum atomic E-state index is 9.81. The molecule has 0 aliphatic heterocycles. The quantitative estimate of drug-likeness (QED) is 0.446. The van der Waals surface area contributed by atoms with Crippen molar-refractivity contribution in [2.75, 3.05) is 0 Å². The van der Waals surface area contributed by atoms with Crippen LogP contribution >= 0.6 is 0 Å². The van der Waals surface area contributed by atoms with Gasteiger partial charge < -0.3 is 15.9 Å². The van der Waals surface area contributed by atoms with Crippen LogP contribution in [0.25, 0.3) is 0 Å². The Morgan fingerprint density at radius 3 is 2.80 bits per heavy atom. The van der Waals surface area contributed by atoms with Gasteiger partial charge in [-0.3, -0.25) is 5.41 Å². The number of phenolic OH excluding ortho intramolecular Hbond substituents is 1. The maximum Gasteiger partial charge on any atom is 0.115 e. The molecule has 1 rings (SSSR count). The van der Waals surface area contributed by atoms with E-state index in [1.54, 1.807) is 18.2 Å². The lowest BCUT2D eigenvalue weighted by Gasteiger charge is -2.13.